The van der Waals surface area contributed by atoms with Gasteiger partial charge in [0.1, 0.15) is 5.69 Å². The summed E-state index contributed by atoms with van der Waals surface area (Å²) in [6, 6.07) is 1.22. The van der Waals surface area contributed by atoms with Crippen molar-refractivity contribution in [3.8, 4) is 0 Å². The molecule has 0 bridgehead atoms. The number of alkyl halides is 3. The predicted molar refractivity (Wildman–Crippen MR) is 76.7 cm³/mol. The van der Waals surface area contributed by atoms with Crippen LogP contribution in [0.1, 0.15) is 25.5 Å². The van der Waals surface area contributed by atoms with Crippen LogP contribution in [-0.2, 0) is 11.0 Å². The third-order valence-corrected chi connectivity index (χ3v) is 3.49. The summed E-state index contributed by atoms with van der Waals surface area (Å²) in [5.74, 6) is 0.0293. The monoisotopic (exact) mass is 330 g/mol. The molecular formula is C14H17F3N4O2. The molecule has 1 unspecified atom stereocenters. The summed E-state index contributed by atoms with van der Waals surface area (Å²) in [4.78, 5) is 28.3. The van der Waals surface area contributed by atoms with Gasteiger partial charge in [-0.2, -0.15) is 13.2 Å². The number of carbonyl (C=O) groups excluding carboxylic acids is 2. The Morgan fingerprint density at radius 2 is 2.13 bits per heavy atom. The van der Waals surface area contributed by atoms with Crippen LogP contribution in [0.4, 0.5) is 23.7 Å². The lowest BCUT2D eigenvalue weighted by molar-refractivity contribution is -0.141. The zero-order valence-corrected chi connectivity index (χ0v) is 12.5. The number of halogens is 3. The number of rotatable bonds is 3. The Morgan fingerprint density at radius 1 is 1.39 bits per heavy atom. The molecule has 0 radical (unpaired) electrons. The van der Waals surface area contributed by atoms with Gasteiger partial charge in [0.25, 0.3) is 0 Å². The lowest BCUT2D eigenvalue weighted by atomic mass is 10.3. The quantitative estimate of drug-likeness (QED) is 0.892. The van der Waals surface area contributed by atoms with E-state index in [1.807, 2.05) is 0 Å². The molecule has 1 saturated heterocycles. The average Bonchev–Trinajstić information content (AvgIpc) is 2.94. The van der Waals surface area contributed by atoms with E-state index in [0.717, 1.165) is 18.3 Å². The molecule has 1 atom stereocenters. The molecule has 9 heteroatoms. The van der Waals surface area contributed by atoms with Crippen molar-refractivity contribution in [2.45, 2.75) is 32.0 Å². The number of carbonyl (C=O) groups is 2. The molecule has 0 spiro atoms. The second kappa shape index (κ2) is 6.84. The lowest BCUT2D eigenvalue weighted by Crippen LogP contribution is -2.40. The van der Waals surface area contributed by atoms with Crippen LogP contribution in [0.25, 0.3) is 0 Å². The van der Waals surface area contributed by atoms with Crippen molar-refractivity contribution in [2.75, 3.05) is 18.4 Å². The highest BCUT2D eigenvalue weighted by atomic mass is 19.4. The molecule has 6 nitrogen and oxygen atoms in total. The Balaban J connectivity index is 1.85. The molecule has 2 rings (SSSR count). The molecule has 1 aliphatic heterocycles. The normalized spacial score (nSPS) is 17.9. The highest BCUT2D eigenvalue weighted by Gasteiger charge is 2.32. The molecule has 23 heavy (non-hydrogen) atoms. The van der Waals surface area contributed by atoms with Crippen molar-refractivity contribution in [3.05, 3.63) is 24.0 Å². The minimum absolute atomic E-state index is 0.0293. The van der Waals surface area contributed by atoms with Gasteiger partial charge >= 0.3 is 12.2 Å². The van der Waals surface area contributed by atoms with E-state index in [2.05, 4.69) is 15.6 Å². The van der Waals surface area contributed by atoms with E-state index in [9.17, 15) is 22.8 Å². The van der Waals surface area contributed by atoms with E-state index in [1.165, 1.54) is 0 Å². The molecule has 1 aromatic rings. The number of hydrogen-bond acceptors (Lipinski definition) is 3. The number of aromatic nitrogens is 1. The van der Waals surface area contributed by atoms with Crippen LogP contribution in [0.3, 0.4) is 0 Å². The second-order valence-electron chi connectivity index (χ2n) is 5.21. The molecule has 3 amide bonds. The highest BCUT2D eigenvalue weighted by Crippen LogP contribution is 2.27. The van der Waals surface area contributed by atoms with Crippen LogP contribution in [0.2, 0.25) is 0 Å². The molecule has 0 aliphatic carbocycles. The van der Waals surface area contributed by atoms with Gasteiger partial charge in [0.15, 0.2) is 0 Å². The smallest absolute Gasteiger partial charge is 0.341 e. The van der Waals surface area contributed by atoms with Crippen molar-refractivity contribution in [3.63, 3.8) is 0 Å². The van der Waals surface area contributed by atoms with Crippen LogP contribution in [0.15, 0.2) is 18.3 Å². The Kier molecular flexibility index (Phi) is 5.07. The first-order valence-electron chi connectivity index (χ1n) is 7.18. The van der Waals surface area contributed by atoms with E-state index in [0.29, 0.717) is 25.9 Å². The average molecular weight is 330 g/mol. The Morgan fingerprint density at radius 3 is 2.70 bits per heavy atom. The van der Waals surface area contributed by atoms with E-state index in [1.54, 1.807) is 11.8 Å². The number of likely N-dealkylation sites (tertiary alicyclic amines) is 1. The van der Waals surface area contributed by atoms with Gasteiger partial charge in [-0.25, -0.2) is 9.78 Å². The summed E-state index contributed by atoms with van der Waals surface area (Å²) < 4.78 is 37.2. The number of pyridine rings is 1. The predicted octanol–water partition coefficient (Wildman–Crippen LogP) is 2.23. The fraction of sp³-hybridized carbons (Fsp3) is 0.500. The fourth-order valence-electron chi connectivity index (χ4n) is 2.32. The minimum Gasteiger partial charge on any atom is -0.341 e. The van der Waals surface area contributed by atoms with Crippen LogP contribution >= 0.6 is 0 Å². The maximum Gasteiger partial charge on any atom is 0.433 e. The van der Waals surface area contributed by atoms with Crippen LogP contribution in [0.5, 0.6) is 0 Å². The van der Waals surface area contributed by atoms with Crippen molar-refractivity contribution >= 4 is 17.6 Å². The number of nitrogens with zero attached hydrogens (tertiary/aromatic N) is 2. The molecule has 0 saturated carbocycles. The molecular weight excluding hydrogens is 313 g/mol. The first kappa shape index (κ1) is 17.0. The molecule has 126 valence electrons. The maximum absolute atomic E-state index is 12.4. The van der Waals surface area contributed by atoms with Crippen LogP contribution in [-0.4, -0.2) is 41.0 Å². The largest absolute Gasteiger partial charge is 0.433 e. The van der Waals surface area contributed by atoms with Crippen LogP contribution in [0, 0.1) is 0 Å². The third kappa shape index (κ3) is 4.57. The molecule has 1 fully saturated rings. The van der Waals surface area contributed by atoms with E-state index < -0.39 is 17.9 Å². The van der Waals surface area contributed by atoms with E-state index in [-0.39, 0.29) is 17.6 Å². The zero-order chi connectivity index (χ0) is 17.0. The molecule has 0 aromatic carbocycles. The molecule has 1 aromatic heterocycles. The fourth-order valence-corrected chi connectivity index (χ4v) is 2.32. The summed E-state index contributed by atoms with van der Waals surface area (Å²) in [7, 11) is 0. The number of hydrogen-bond donors (Lipinski definition) is 2. The van der Waals surface area contributed by atoms with Gasteiger partial charge in [-0.05, 0) is 18.6 Å². The van der Waals surface area contributed by atoms with Crippen molar-refractivity contribution in [2.24, 2.45) is 0 Å². The first-order chi connectivity index (χ1) is 10.8. The summed E-state index contributed by atoms with van der Waals surface area (Å²) in [5.41, 5.74) is -0.858. The van der Waals surface area contributed by atoms with Gasteiger partial charge < -0.3 is 15.5 Å². The summed E-state index contributed by atoms with van der Waals surface area (Å²) in [5, 5.41) is 5.11. The second-order valence-corrected chi connectivity index (χ2v) is 5.21. The highest BCUT2D eigenvalue weighted by molar-refractivity contribution is 5.89. The standard InChI is InChI=1S/C14H17F3N4O2/c1-2-12(22)21-6-5-10(8-21)20-13(23)19-9-3-4-11(18-7-9)14(15,16)17/h3-4,7,10H,2,5-6,8H2,1H3,(H2,19,20,23). The number of anilines is 1. The Hall–Kier alpha value is -2.32. The van der Waals surface area contributed by atoms with Crippen LogP contribution < -0.4 is 10.6 Å². The minimum atomic E-state index is -4.51. The van der Waals surface area contributed by atoms with Gasteiger partial charge in [0, 0.05) is 25.6 Å². The molecule has 1 aliphatic rings. The zero-order valence-electron chi connectivity index (χ0n) is 12.5. The maximum atomic E-state index is 12.4. The molecule has 2 N–H and O–H groups in total. The topological polar surface area (TPSA) is 74.3 Å². The van der Waals surface area contributed by atoms with Crippen molar-refractivity contribution in [1.82, 2.24) is 15.2 Å². The van der Waals surface area contributed by atoms with Gasteiger partial charge in [0.2, 0.25) is 5.91 Å². The van der Waals surface area contributed by atoms with Gasteiger partial charge in [-0.15, -0.1) is 0 Å². The number of urea groups is 1. The summed E-state index contributed by atoms with van der Waals surface area (Å²) in [6.07, 6.45) is -2.51. The van der Waals surface area contributed by atoms with Gasteiger partial charge in [-0.1, -0.05) is 6.92 Å². The summed E-state index contributed by atoms with van der Waals surface area (Å²) in [6.45, 7) is 2.79. The SMILES string of the molecule is CCC(=O)N1CCC(NC(=O)Nc2ccc(C(F)(F)F)nc2)C1. The first-order valence-corrected chi connectivity index (χ1v) is 7.18. The lowest BCUT2D eigenvalue weighted by Gasteiger charge is -2.16. The van der Waals surface area contributed by atoms with E-state index in [4.69, 9.17) is 0 Å². The number of nitrogens with one attached hydrogen (secondary N) is 2. The summed E-state index contributed by atoms with van der Waals surface area (Å²) >= 11 is 0. The van der Waals surface area contributed by atoms with Gasteiger partial charge in [0.05, 0.1) is 11.9 Å². The molecule has 2 heterocycles. The Bertz CT molecular complexity index is 574. The number of amides is 3. The van der Waals surface area contributed by atoms with Crippen molar-refractivity contribution < 1.29 is 22.8 Å². The van der Waals surface area contributed by atoms with E-state index >= 15 is 0 Å². The van der Waals surface area contributed by atoms with Gasteiger partial charge in [-0.3, -0.25) is 4.79 Å². The third-order valence-electron chi connectivity index (χ3n) is 3.49. The van der Waals surface area contributed by atoms with Crippen molar-refractivity contribution in [1.29, 1.82) is 0 Å². The Labute approximate surface area is 131 Å².